The highest BCUT2D eigenvalue weighted by Gasteiger charge is 2.34. The fraction of sp³-hybridized carbons (Fsp3) is 1.00. The maximum absolute atomic E-state index is 6.30. The fourth-order valence-corrected chi connectivity index (χ4v) is 3.63. The number of hydrogen-bond donors (Lipinski definition) is 0. The zero-order chi connectivity index (χ0) is 14.8. The summed E-state index contributed by atoms with van der Waals surface area (Å²) in [6, 6.07) is 0. The van der Waals surface area contributed by atoms with Crippen LogP contribution in [-0.4, -0.2) is 19.1 Å². The normalized spacial score (nSPS) is 27.1. The third kappa shape index (κ3) is 6.80. The maximum Gasteiger partial charge on any atom is 0.0471 e. The Morgan fingerprint density at radius 2 is 1.90 bits per heavy atom. The molecule has 0 spiro atoms. The Labute approximate surface area is 131 Å². The number of alkyl halides is 1. The van der Waals surface area contributed by atoms with Crippen molar-refractivity contribution in [2.45, 2.75) is 78.6 Å². The van der Waals surface area contributed by atoms with Crippen LogP contribution in [0.25, 0.3) is 0 Å². The van der Waals surface area contributed by atoms with Crippen LogP contribution >= 0.6 is 11.6 Å². The van der Waals surface area contributed by atoms with Crippen molar-refractivity contribution in [3.8, 4) is 0 Å². The third-order valence-electron chi connectivity index (χ3n) is 5.03. The standard InChI is InChI=1S/C18H35ClO/c1-4-5-6-17-7-10-18(15-19,11-8-17)12-14-20-13-9-16(2)3/h16-17H,4-15H2,1-3H3. The van der Waals surface area contributed by atoms with E-state index in [0.717, 1.165) is 37.4 Å². The van der Waals surface area contributed by atoms with Crippen molar-refractivity contribution in [2.75, 3.05) is 19.1 Å². The average molecular weight is 303 g/mol. The smallest absolute Gasteiger partial charge is 0.0471 e. The Bertz CT molecular complexity index is 232. The predicted molar refractivity (Wildman–Crippen MR) is 89.5 cm³/mol. The molecule has 0 heterocycles. The van der Waals surface area contributed by atoms with E-state index in [2.05, 4.69) is 20.8 Å². The highest BCUT2D eigenvalue weighted by Crippen LogP contribution is 2.43. The number of ether oxygens (including phenoxy) is 1. The Morgan fingerprint density at radius 3 is 2.45 bits per heavy atom. The Hall–Kier alpha value is 0.250. The third-order valence-corrected chi connectivity index (χ3v) is 5.60. The van der Waals surface area contributed by atoms with Crippen LogP contribution in [0.15, 0.2) is 0 Å². The van der Waals surface area contributed by atoms with Crippen LogP contribution in [0.1, 0.15) is 78.6 Å². The average Bonchev–Trinajstić information content (AvgIpc) is 2.46. The molecule has 0 atom stereocenters. The van der Waals surface area contributed by atoms with Gasteiger partial charge in [-0.25, -0.2) is 0 Å². The number of unbranched alkanes of at least 4 members (excludes halogenated alkanes) is 1. The van der Waals surface area contributed by atoms with Gasteiger partial charge in [0.05, 0.1) is 0 Å². The molecule has 0 unspecified atom stereocenters. The van der Waals surface area contributed by atoms with Gasteiger partial charge in [0.1, 0.15) is 0 Å². The van der Waals surface area contributed by atoms with Crippen LogP contribution in [0.4, 0.5) is 0 Å². The summed E-state index contributed by atoms with van der Waals surface area (Å²) in [6.07, 6.45) is 11.9. The Balaban J connectivity index is 2.21. The molecule has 1 aliphatic rings. The van der Waals surface area contributed by atoms with E-state index in [1.54, 1.807) is 0 Å². The lowest BCUT2D eigenvalue weighted by atomic mass is 9.69. The minimum atomic E-state index is 0.377. The summed E-state index contributed by atoms with van der Waals surface area (Å²) < 4.78 is 5.81. The SMILES string of the molecule is CCCCC1CCC(CCl)(CCOCCC(C)C)CC1. The summed E-state index contributed by atoms with van der Waals surface area (Å²) in [5, 5.41) is 0. The van der Waals surface area contributed by atoms with E-state index < -0.39 is 0 Å². The molecule has 0 aromatic heterocycles. The summed E-state index contributed by atoms with van der Waals surface area (Å²) in [5.41, 5.74) is 0.377. The van der Waals surface area contributed by atoms with Gasteiger partial charge < -0.3 is 4.74 Å². The van der Waals surface area contributed by atoms with Gasteiger partial charge >= 0.3 is 0 Å². The summed E-state index contributed by atoms with van der Waals surface area (Å²) in [4.78, 5) is 0. The molecule has 1 saturated carbocycles. The van der Waals surface area contributed by atoms with Gasteiger partial charge in [0.25, 0.3) is 0 Å². The van der Waals surface area contributed by atoms with E-state index in [1.807, 2.05) is 0 Å². The maximum atomic E-state index is 6.30. The van der Waals surface area contributed by atoms with Crippen molar-refractivity contribution < 1.29 is 4.74 Å². The van der Waals surface area contributed by atoms with E-state index in [1.165, 1.54) is 51.4 Å². The number of halogens is 1. The van der Waals surface area contributed by atoms with Crippen LogP contribution in [0.2, 0.25) is 0 Å². The monoisotopic (exact) mass is 302 g/mol. The van der Waals surface area contributed by atoms with Crippen molar-refractivity contribution in [3.05, 3.63) is 0 Å². The summed E-state index contributed by atoms with van der Waals surface area (Å²) >= 11 is 6.30. The molecule has 1 nitrogen and oxygen atoms in total. The predicted octanol–water partition coefficient (Wildman–Crippen LogP) is 6.04. The molecular weight excluding hydrogens is 268 g/mol. The lowest BCUT2D eigenvalue weighted by molar-refractivity contribution is 0.0687. The first-order chi connectivity index (χ1) is 9.62. The molecule has 0 bridgehead atoms. The van der Waals surface area contributed by atoms with Crippen molar-refractivity contribution in [2.24, 2.45) is 17.3 Å². The Morgan fingerprint density at radius 1 is 1.20 bits per heavy atom. The first kappa shape index (κ1) is 18.3. The molecule has 0 aromatic rings. The fourth-order valence-electron chi connectivity index (χ4n) is 3.23. The second-order valence-corrected chi connectivity index (χ2v) is 7.53. The first-order valence-corrected chi connectivity index (χ1v) is 9.29. The number of rotatable bonds is 10. The molecule has 120 valence electrons. The topological polar surface area (TPSA) is 9.23 Å². The molecule has 2 heteroatoms. The lowest BCUT2D eigenvalue weighted by Gasteiger charge is -2.39. The zero-order valence-electron chi connectivity index (χ0n) is 13.9. The van der Waals surface area contributed by atoms with E-state index in [9.17, 15) is 0 Å². The molecule has 1 rings (SSSR count). The van der Waals surface area contributed by atoms with Crippen molar-refractivity contribution in [1.82, 2.24) is 0 Å². The quantitative estimate of drug-likeness (QED) is 0.353. The van der Waals surface area contributed by atoms with Crippen molar-refractivity contribution in [3.63, 3.8) is 0 Å². The highest BCUT2D eigenvalue weighted by molar-refractivity contribution is 6.18. The Kier molecular flexibility index (Phi) is 9.20. The van der Waals surface area contributed by atoms with E-state index in [0.29, 0.717) is 5.41 Å². The lowest BCUT2D eigenvalue weighted by Crippen LogP contribution is -2.30. The first-order valence-electron chi connectivity index (χ1n) is 8.75. The van der Waals surface area contributed by atoms with Crippen LogP contribution in [0, 0.1) is 17.3 Å². The minimum Gasteiger partial charge on any atom is -0.381 e. The summed E-state index contributed by atoms with van der Waals surface area (Å²) in [5.74, 6) is 2.53. The molecule has 0 saturated heterocycles. The molecule has 1 aliphatic carbocycles. The highest BCUT2D eigenvalue weighted by atomic mass is 35.5. The molecule has 0 aliphatic heterocycles. The van der Waals surface area contributed by atoms with Gasteiger partial charge in [-0.15, -0.1) is 11.6 Å². The van der Waals surface area contributed by atoms with Gasteiger partial charge in [-0.3, -0.25) is 0 Å². The minimum absolute atomic E-state index is 0.377. The molecule has 0 N–H and O–H groups in total. The van der Waals surface area contributed by atoms with Gasteiger partial charge in [0.2, 0.25) is 0 Å². The van der Waals surface area contributed by atoms with Gasteiger partial charge in [-0.2, -0.15) is 0 Å². The summed E-state index contributed by atoms with van der Waals surface area (Å²) in [6.45, 7) is 8.61. The van der Waals surface area contributed by atoms with E-state index in [-0.39, 0.29) is 0 Å². The van der Waals surface area contributed by atoms with Crippen LogP contribution in [0.5, 0.6) is 0 Å². The molecule has 0 radical (unpaired) electrons. The zero-order valence-corrected chi connectivity index (χ0v) is 14.7. The second-order valence-electron chi connectivity index (χ2n) is 7.26. The van der Waals surface area contributed by atoms with Crippen LogP contribution in [0.3, 0.4) is 0 Å². The van der Waals surface area contributed by atoms with Crippen LogP contribution in [-0.2, 0) is 4.74 Å². The molecule has 1 fully saturated rings. The molecule has 20 heavy (non-hydrogen) atoms. The van der Waals surface area contributed by atoms with Crippen molar-refractivity contribution in [1.29, 1.82) is 0 Å². The van der Waals surface area contributed by atoms with Gasteiger partial charge in [-0.1, -0.05) is 40.0 Å². The van der Waals surface area contributed by atoms with E-state index in [4.69, 9.17) is 16.3 Å². The van der Waals surface area contributed by atoms with E-state index >= 15 is 0 Å². The molecule has 0 aromatic carbocycles. The van der Waals surface area contributed by atoms with Gasteiger partial charge in [0.15, 0.2) is 0 Å². The van der Waals surface area contributed by atoms with Crippen LogP contribution < -0.4 is 0 Å². The van der Waals surface area contributed by atoms with Gasteiger partial charge in [-0.05, 0) is 55.8 Å². The second kappa shape index (κ2) is 10.1. The molecule has 0 amide bonds. The van der Waals surface area contributed by atoms with Crippen molar-refractivity contribution >= 4 is 11.6 Å². The largest absolute Gasteiger partial charge is 0.381 e. The molecular formula is C18H35ClO. The summed E-state index contributed by atoms with van der Waals surface area (Å²) in [7, 11) is 0. The number of hydrogen-bond acceptors (Lipinski definition) is 1. The van der Waals surface area contributed by atoms with Gasteiger partial charge in [0, 0.05) is 19.1 Å².